The van der Waals surface area contributed by atoms with Crippen LogP contribution in [0.25, 0.3) is 11.3 Å². The summed E-state index contributed by atoms with van der Waals surface area (Å²) in [5.74, 6) is 0.829. The lowest BCUT2D eigenvalue weighted by Crippen LogP contribution is -2.06. The topological polar surface area (TPSA) is 54.7 Å². The van der Waals surface area contributed by atoms with E-state index < -0.39 is 0 Å². The smallest absolute Gasteiger partial charge is 0.123 e. The minimum Gasteiger partial charge on any atom is -0.341 e. The highest BCUT2D eigenvalue weighted by Gasteiger charge is 2.08. The second-order valence-corrected chi connectivity index (χ2v) is 4.29. The molecule has 0 saturated carbocycles. The maximum absolute atomic E-state index is 5.77. The molecule has 3 nitrogen and oxygen atoms in total. The molecule has 0 fully saturated rings. The number of aromatic amines is 1. The summed E-state index contributed by atoms with van der Waals surface area (Å²) in [6.07, 6.45) is 1.84. The van der Waals surface area contributed by atoms with Crippen molar-refractivity contribution < 1.29 is 0 Å². The Morgan fingerprint density at radius 2 is 2.06 bits per heavy atom. The van der Waals surface area contributed by atoms with Gasteiger partial charge in [-0.05, 0) is 26.3 Å². The highest BCUT2D eigenvalue weighted by molar-refractivity contribution is 5.63. The number of hydrogen-bond acceptors (Lipinski definition) is 2. The molecular weight excluding hydrogens is 198 g/mol. The van der Waals surface area contributed by atoms with Crippen molar-refractivity contribution in [3.63, 3.8) is 0 Å². The van der Waals surface area contributed by atoms with Crippen LogP contribution in [0, 0.1) is 13.8 Å². The fourth-order valence-corrected chi connectivity index (χ4v) is 1.82. The number of H-pyrrole nitrogens is 1. The van der Waals surface area contributed by atoms with Crippen molar-refractivity contribution in [1.82, 2.24) is 9.97 Å². The average molecular weight is 215 g/mol. The molecule has 1 aromatic carbocycles. The first-order valence-corrected chi connectivity index (χ1v) is 5.46. The van der Waals surface area contributed by atoms with Gasteiger partial charge in [0, 0.05) is 5.56 Å². The molecule has 0 amide bonds. The Morgan fingerprint density at radius 1 is 1.31 bits per heavy atom. The summed E-state index contributed by atoms with van der Waals surface area (Å²) < 4.78 is 0. The third-order valence-corrected chi connectivity index (χ3v) is 2.70. The quantitative estimate of drug-likeness (QED) is 0.809. The zero-order chi connectivity index (χ0) is 11.7. The maximum Gasteiger partial charge on any atom is 0.123 e. The molecule has 0 aliphatic carbocycles. The van der Waals surface area contributed by atoms with Crippen LogP contribution in [0.1, 0.15) is 29.9 Å². The van der Waals surface area contributed by atoms with E-state index in [1.165, 1.54) is 16.7 Å². The molecule has 3 N–H and O–H groups in total. The molecule has 2 rings (SSSR count). The number of nitrogens with one attached hydrogen (secondary N) is 1. The van der Waals surface area contributed by atoms with Crippen LogP contribution >= 0.6 is 0 Å². The van der Waals surface area contributed by atoms with Crippen molar-refractivity contribution in [2.24, 2.45) is 5.73 Å². The van der Waals surface area contributed by atoms with Crippen molar-refractivity contribution in [3.05, 3.63) is 41.3 Å². The first-order chi connectivity index (χ1) is 7.58. The molecule has 1 heterocycles. The van der Waals surface area contributed by atoms with Gasteiger partial charge in [-0.3, -0.25) is 0 Å². The average Bonchev–Trinajstić information content (AvgIpc) is 2.66. The zero-order valence-corrected chi connectivity index (χ0v) is 9.91. The van der Waals surface area contributed by atoms with E-state index in [1.807, 2.05) is 13.1 Å². The van der Waals surface area contributed by atoms with Crippen molar-refractivity contribution in [2.45, 2.75) is 26.8 Å². The van der Waals surface area contributed by atoms with Crippen LogP contribution in [-0.4, -0.2) is 9.97 Å². The number of nitrogens with zero attached hydrogens (tertiary/aromatic N) is 1. The second-order valence-electron chi connectivity index (χ2n) is 4.29. The monoisotopic (exact) mass is 215 g/mol. The Balaban J connectivity index is 2.42. The predicted molar refractivity (Wildman–Crippen MR) is 66.1 cm³/mol. The number of benzene rings is 1. The molecule has 1 unspecified atom stereocenters. The van der Waals surface area contributed by atoms with Gasteiger partial charge in [0.2, 0.25) is 0 Å². The lowest BCUT2D eigenvalue weighted by molar-refractivity contribution is 0.756. The number of rotatable bonds is 2. The van der Waals surface area contributed by atoms with Gasteiger partial charge in [0.15, 0.2) is 0 Å². The van der Waals surface area contributed by atoms with Gasteiger partial charge in [-0.15, -0.1) is 0 Å². The molecule has 16 heavy (non-hydrogen) atoms. The van der Waals surface area contributed by atoms with Gasteiger partial charge in [-0.25, -0.2) is 4.98 Å². The van der Waals surface area contributed by atoms with Gasteiger partial charge in [0.05, 0.1) is 17.9 Å². The summed E-state index contributed by atoms with van der Waals surface area (Å²) in [5, 5.41) is 0. The van der Waals surface area contributed by atoms with Crippen LogP contribution < -0.4 is 5.73 Å². The Kier molecular flexibility index (Phi) is 2.79. The number of hydrogen-bond donors (Lipinski definition) is 2. The number of nitrogens with two attached hydrogens (primary N) is 1. The van der Waals surface area contributed by atoms with Crippen molar-refractivity contribution >= 4 is 0 Å². The second kappa shape index (κ2) is 4.10. The van der Waals surface area contributed by atoms with Gasteiger partial charge < -0.3 is 10.7 Å². The van der Waals surface area contributed by atoms with E-state index in [0.29, 0.717) is 0 Å². The molecule has 2 aromatic rings. The minimum absolute atomic E-state index is 0.0560. The SMILES string of the molecule is Cc1ccc(-c2cnc(C(C)N)[nH]2)c(C)c1. The zero-order valence-electron chi connectivity index (χ0n) is 9.91. The lowest BCUT2D eigenvalue weighted by Gasteiger charge is -2.04. The van der Waals surface area contributed by atoms with E-state index in [1.54, 1.807) is 0 Å². The third-order valence-electron chi connectivity index (χ3n) is 2.70. The number of imidazole rings is 1. The molecule has 1 atom stereocenters. The highest BCUT2D eigenvalue weighted by atomic mass is 14.9. The Morgan fingerprint density at radius 3 is 2.62 bits per heavy atom. The molecule has 0 aliphatic rings. The fourth-order valence-electron chi connectivity index (χ4n) is 1.82. The van der Waals surface area contributed by atoms with Crippen molar-refractivity contribution in [2.75, 3.05) is 0 Å². The molecule has 0 spiro atoms. The van der Waals surface area contributed by atoms with E-state index in [4.69, 9.17) is 5.73 Å². The van der Waals surface area contributed by atoms with Crippen LogP contribution in [0.4, 0.5) is 0 Å². The van der Waals surface area contributed by atoms with E-state index >= 15 is 0 Å². The van der Waals surface area contributed by atoms with Gasteiger partial charge in [0.1, 0.15) is 5.82 Å². The lowest BCUT2D eigenvalue weighted by atomic mass is 10.0. The van der Waals surface area contributed by atoms with E-state index in [9.17, 15) is 0 Å². The number of aromatic nitrogens is 2. The van der Waals surface area contributed by atoms with Crippen LogP contribution in [0.15, 0.2) is 24.4 Å². The maximum atomic E-state index is 5.77. The first kappa shape index (κ1) is 10.9. The molecule has 0 bridgehead atoms. The largest absolute Gasteiger partial charge is 0.341 e. The van der Waals surface area contributed by atoms with Gasteiger partial charge >= 0.3 is 0 Å². The summed E-state index contributed by atoms with van der Waals surface area (Å²) in [7, 11) is 0. The molecule has 0 aliphatic heterocycles. The molecule has 1 aromatic heterocycles. The summed E-state index contributed by atoms with van der Waals surface area (Å²) >= 11 is 0. The van der Waals surface area contributed by atoms with Crippen LogP contribution in [0.2, 0.25) is 0 Å². The van der Waals surface area contributed by atoms with E-state index in [0.717, 1.165) is 11.5 Å². The van der Waals surface area contributed by atoms with Crippen LogP contribution in [0.3, 0.4) is 0 Å². The fraction of sp³-hybridized carbons (Fsp3) is 0.308. The normalized spacial score (nSPS) is 12.8. The van der Waals surface area contributed by atoms with Gasteiger partial charge in [-0.1, -0.05) is 23.8 Å². The standard InChI is InChI=1S/C13H17N3/c1-8-4-5-11(9(2)6-8)12-7-15-13(16-12)10(3)14/h4-7,10H,14H2,1-3H3,(H,15,16). The predicted octanol–water partition coefficient (Wildman–Crippen LogP) is 2.71. The molecule has 0 saturated heterocycles. The molecule has 3 heteroatoms. The Labute approximate surface area is 95.7 Å². The summed E-state index contributed by atoms with van der Waals surface area (Å²) in [6.45, 7) is 6.12. The summed E-state index contributed by atoms with van der Waals surface area (Å²) in [6, 6.07) is 6.33. The Bertz CT molecular complexity index is 498. The van der Waals surface area contributed by atoms with Gasteiger partial charge in [-0.2, -0.15) is 0 Å². The van der Waals surface area contributed by atoms with Crippen LogP contribution in [-0.2, 0) is 0 Å². The molecular formula is C13H17N3. The van der Waals surface area contributed by atoms with E-state index in [-0.39, 0.29) is 6.04 Å². The molecule has 0 radical (unpaired) electrons. The van der Waals surface area contributed by atoms with Crippen molar-refractivity contribution in [3.8, 4) is 11.3 Å². The Hall–Kier alpha value is -1.61. The summed E-state index contributed by atoms with van der Waals surface area (Å²) in [4.78, 5) is 7.53. The van der Waals surface area contributed by atoms with Crippen molar-refractivity contribution in [1.29, 1.82) is 0 Å². The number of aryl methyl sites for hydroxylation is 2. The third kappa shape index (κ3) is 1.99. The van der Waals surface area contributed by atoms with Crippen LogP contribution in [0.5, 0.6) is 0 Å². The van der Waals surface area contributed by atoms with E-state index in [2.05, 4.69) is 42.0 Å². The molecule has 84 valence electrons. The first-order valence-electron chi connectivity index (χ1n) is 5.46. The minimum atomic E-state index is -0.0560. The summed E-state index contributed by atoms with van der Waals surface area (Å²) in [5.41, 5.74) is 10.5. The van der Waals surface area contributed by atoms with Gasteiger partial charge in [0.25, 0.3) is 0 Å². The highest BCUT2D eigenvalue weighted by Crippen LogP contribution is 2.23.